The molecule has 15 heavy (non-hydrogen) atoms. The van der Waals surface area contributed by atoms with Crippen LogP contribution in [-0.4, -0.2) is 0 Å². The third-order valence-electron chi connectivity index (χ3n) is 3.45. The molecule has 0 aromatic heterocycles. The van der Waals surface area contributed by atoms with Crippen LogP contribution in [0.3, 0.4) is 0 Å². The first-order valence-electron chi connectivity index (χ1n) is 6.58. The average Bonchev–Trinajstić information content (AvgIpc) is 2.22. The van der Waals surface area contributed by atoms with E-state index in [2.05, 4.69) is 32.9 Å². The number of rotatable bonds is 2. The van der Waals surface area contributed by atoms with E-state index in [9.17, 15) is 0 Å². The molecule has 0 fully saturated rings. The fraction of sp³-hybridized carbons (Fsp3) is 0.733. The molecule has 0 heterocycles. The SMILES string of the molecule is CCC/C1=C(\C)CCCCC(C)C=CC1. The summed E-state index contributed by atoms with van der Waals surface area (Å²) in [6, 6.07) is 0. The van der Waals surface area contributed by atoms with E-state index in [4.69, 9.17) is 0 Å². The summed E-state index contributed by atoms with van der Waals surface area (Å²) < 4.78 is 0. The normalized spacial score (nSPS) is 29.1. The van der Waals surface area contributed by atoms with Crippen LogP contribution in [0.5, 0.6) is 0 Å². The third kappa shape index (κ3) is 4.68. The monoisotopic (exact) mass is 206 g/mol. The Balaban J connectivity index is 2.66. The Morgan fingerprint density at radius 2 is 2.13 bits per heavy atom. The van der Waals surface area contributed by atoms with Gasteiger partial charge in [-0.05, 0) is 44.9 Å². The van der Waals surface area contributed by atoms with Crippen molar-refractivity contribution in [3.63, 3.8) is 0 Å². The topological polar surface area (TPSA) is 0 Å². The summed E-state index contributed by atoms with van der Waals surface area (Å²) in [7, 11) is 0. The zero-order valence-electron chi connectivity index (χ0n) is 10.7. The van der Waals surface area contributed by atoms with E-state index in [0.29, 0.717) is 0 Å². The third-order valence-corrected chi connectivity index (χ3v) is 3.45. The van der Waals surface area contributed by atoms with Gasteiger partial charge in [-0.3, -0.25) is 0 Å². The van der Waals surface area contributed by atoms with Gasteiger partial charge >= 0.3 is 0 Å². The summed E-state index contributed by atoms with van der Waals surface area (Å²) in [5.41, 5.74) is 3.36. The van der Waals surface area contributed by atoms with Crippen LogP contribution in [0.15, 0.2) is 23.3 Å². The number of hydrogen-bond donors (Lipinski definition) is 0. The molecular weight excluding hydrogens is 180 g/mol. The van der Waals surface area contributed by atoms with E-state index in [0.717, 1.165) is 5.92 Å². The van der Waals surface area contributed by atoms with Crippen LogP contribution >= 0.6 is 0 Å². The lowest BCUT2D eigenvalue weighted by molar-refractivity contribution is 0.574. The van der Waals surface area contributed by atoms with Crippen molar-refractivity contribution >= 4 is 0 Å². The molecule has 1 atom stereocenters. The van der Waals surface area contributed by atoms with Gasteiger partial charge in [0.05, 0.1) is 0 Å². The Morgan fingerprint density at radius 1 is 1.33 bits per heavy atom. The van der Waals surface area contributed by atoms with Crippen molar-refractivity contribution < 1.29 is 0 Å². The largest absolute Gasteiger partial charge is 0.0854 e. The highest BCUT2D eigenvalue weighted by Gasteiger charge is 2.04. The Hall–Kier alpha value is -0.520. The molecule has 1 aliphatic rings. The molecule has 86 valence electrons. The molecule has 0 bridgehead atoms. The van der Waals surface area contributed by atoms with Crippen molar-refractivity contribution in [2.24, 2.45) is 5.92 Å². The van der Waals surface area contributed by atoms with Crippen molar-refractivity contribution in [2.75, 3.05) is 0 Å². The minimum atomic E-state index is 0.784. The van der Waals surface area contributed by atoms with Gasteiger partial charge in [-0.25, -0.2) is 0 Å². The molecule has 1 rings (SSSR count). The molecule has 0 aromatic carbocycles. The Kier molecular flexibility index (Phi) is 5.75. The van der Waals surface area contributed by atoms with Gasteiger partial charge in [0, 0.05) is 0 Å². The van der Waals surface area contributed by atoms with Crippen LogP contribution in [0.4, 0.5) is 0 Å². The van der Waals surface area contributed by atoms with Gasteiger partial charge in [0.25, 0.3) is 0 Å². The molecule has 1 aliphatic carbocycles. The zero-order valence-corrected chi connectivity index (χ0v) is 10.7. The Morgan fingerprint density at radius 3 is 2.87 bits per heavy atom. The summed E-state index contributed by atoms with van der Waals surface area (Å²) >= 11 is 0. The molecule has 0 radical (unpaired) electrons. The van der Waals surface area contributed by atoms with Gasteiger partial charge in [-0.2, -0.15) is 0 Å². The van der Waals surface area contributed by atoms with Crippen molar-refractivity contribution in [1.82, 2.24) is 0 Å². The molecule has 1 unspecified atom stereocenters. The van der Waals surface area contributed by atoms with Crippen molar-refractivity contribution in [2.45, 2.75) is 65.7 Å². The molecule has 0 aliphatic heterocycles. The van der Waals surface area contributed by atoms with E-state index < -0.39 is 0 Å². The fourth-order valence-corrected chi connectivity index (χ4v) is 2.36. The summed E-state index contributed by atoms with van der Waals surface area (Å²) in [6.45, 7) is 6.96. The molecule has 0 heteroatoms. The van der Waals surface area contributed by atoms with Crippen LogP contribution in [0.2, 0.25) is 0 Å². The smallest absolute Gasteiger partial charge is 0.0136 e. The molecule has 0 N–H and O–H groups in total. The van der Waals surface area contributed by atoms with Gasteiger partial charge in [0.15, 0.2) is 0 Å². The van der Waals surface area contributed by atoms with E-state index in [-0.39, 0.29) is 0 Å². The molecule has 0 nitrogen and oxygen atoms in total. The second-order valence-corrected chi connectivity index (χ2v) is 4.99. The second kappa shape index (κ2) is 6.87. The minimum Gasteiger partial charge on any atom is -0.0854 e. The maximum Gasteiger partial charge on any atom is -0.0136 e. The second-order valence-electron chi connectivity index (χ2n) is 4.99. The quantitative estimate of drug-likeness (QED) is 0.541. The van der Waals surface area contributed by atoms with E-state index in [1.165, 1.54) is 44.9 Å². The van der Waals surface area contributed by atoms with Crippen molar-refractivity contribution in [1.29, 1.82) is 0 Å². The van der Waals surface area contributed by atoms with Gasteiger partial charge < -0.3 is 0 Å². The molecular formula is C15H26. The average molecular weight is 206 g/mol. The lowest BCUT2D eigenvalue weighted by atomic mass is 9.93. The van der Waals surface area contributed by atoms with Gasteiger partial charge in [-0.15, -0.1) is 0 Å². The molecule has 0 aromatic rings. The first-order valence-corrected chi connectivity index (χ1v) is 6.58. The maximum atomic E-state index is 2.41. The standard InChI is InChI=1S/C15H26/c1-4-8-15-12-7-10-13(2)9-5-6-11-14(15)3/h7,10,13H,4-6,8-9,11-12H2,1-3H3/b10-7?,15-14-. The lowest BCUT2D eigenvalue weighted by Crippen LogP contribution is -1.95. The van der Waals surface area contributed by atoms with Crippen LogP contribution in [0.25, 0.3) is 0 Å². The first kappa shape index (κ1) is 12.5. The van der Waals surface area contributed by atoms with Crippen LogP contribution in [0.1, 0.15) is 65.7 Å². The van der Waals surface area contributed by atoms with E-state index in [1.807, 2.05) is 0 Å². The number of hydrogen-bond acceptors (Lipinski definition) is 0. The van der Waals surface area contributed by atoms with Crippen LogP contribution in [0, 0.1) is 5.92 Å². The summed E-state index contributed by atoms with van der Waals surface area (Å²) in [4.78, 5) is 0. The molecule has 0 saturated carbocycles. The van der Waals surface area contributed by atoms with Crippen LogP contribution < -0.4 is 0 Å². The van der Waals surface area contributed by atoms with Gasteiger partial charge in [0.1, 0.15) is 0 Å². The number of allylic oxidation sites excluding steroid dienone is 4. The predicted octanol–water partition coefficient (Wildman–Crippen LogP) is 5.26. The van der Waals surface area contributed by atoms with Crippen molar-refractivity contribution in [3.8, 4) is 0 Å². The van der Waals surface area contributed by atoms with Crippen molar-refractivity contribution in [3.05, 3.63) is 23.3 Å². The van der Waals surface area contributed by atoms with E-state index in [1.54, 1.807) is 11.1 Å². The summed E-state index contributed by atoms with van der Waals surface area (Å²) in [6.07, 6.45) is 14.1. The zero-order chi connectivity index (χ0) is 11.1. The maximum absolute atomic E-state index is 2.41. The fourth-order valence-electron chi connectivity index (χ4n) is 2.36. The minimum absolute atomic E-state index is 0.784. The Bertz CT molecular complexity index is 232. The highest BCUT2D eigenvalue weighted by Crippen LogP contribution is 2.23. The van der Waals surface area contributed by atoms with Gasteiger partial charge in [-0.1, -0.05) is 50.0 Å². The summed E-state index contributed by atoms with van der Waals surface area (Å²) in [5, 5.41) is 0. The van der Waals surface area contributed by atoms with Gasteiger partial charge in [0.2, 0.25) is 0 Å². The highest BCUT2D eigenvalue weighted by atomic mass is 14.1. The molecule has 0 spiro atoms. The first-order chi connectivity index (χ1) is 7.24. The highest BCUT2D eigenvalue weighted by molar-refractivity contribution is 5.16. The van der Waals surface area contributed by atoms with Crippen LogP contribution in [-0.2, 0) is 0 Å². The Labute approximate surface area is 95.5 Å². The summed E-state index contributed by atoms with van der Waals surface area (Å²) in [5.74, 6) is 0.784. The lowest BCUT2D eigenvalue weighted by Gasteiger charge is -2.13. The predicted molar refractivity (Wildman–Crippen MR) is 69.0 cm³/mol. The van der Waals surface area contributed by atoms with E-state index >= 15 is 0 Å². The molecule has 0 saturated heterocycles. The molecule has 0 amide bonds.